The molecule has 0 rings (SSSR count). The van der Waals surface area contributed by atoms with E-state index >= 15 is 0 Å². The summed E-state index contributed by atoms with van der Waals surface area (Å²) in [6.07, 6.45) is 19.7. The number of ether oxygens (including phenoxy) is 2. The van der Waals surface area contributed by atoms with Crippen LogP contribution >= 0.6 is 11.6 Å². The first kappa shape index (κ1) is 32.0. The maximum Gasteiger partial charge on any atom is 0.410 e. The van der Waals surface area contributed by atoms with Gasteiger partial charge in [0.1, 0.15) is 6.04 Å². The van der Waals surface area contributed by atoms with E-state index in [9.17, 15) is 9.59 Å². The van der Waals surface area contributed by atoms with Gasteiger partial charge < -0.3 is 9.47 Å². The van der Waals surface area contributed by atoms with Crippen LogP contribution in [0.1, 0.15) is 124 Å². The summed E-state index contributed by atoms with van der Waals surface area (Å²) in [6, 6.07) is -0.634. The second kappa shape index (κ2) is 22.8. The van der Waals surface area contributed by atoms with Crippen molar-refractivity contribution in [3.8, 4) is 0 Å². The Labute approximate surface area is 209 Å². The molecule has 0 aliphatic heterocycles. The van der Waals surface area contributed by atoms with E-state index in [1.807, 2.05) is 13.8 Å². The molecule has 0 spiro atoms. The number of likely N-dealkylation sites (N-methyl/N-ethyl adjacent to an activating group) is 1. The van der Waals surface area contributed by atoms with Gasteiger partial charge in [-0.1, -0.05) is 111 Å². The number of unbranched alkanes of at least 4 members (excludes halogenated alkanes) is 14. The summed E-state index contributed by atoms with van der Waals surface area (Å²) >= 11 is 5.61. The van der Waals surface area contributed by atoms with Gasteiger partial charge in [-0.15, -0.1) is 11.6 Å². The van der Waals surface area contributed by atoms with Crippen LogP contribution in [0.5, 0.6) is 0 Å². The molecule has 1 unspecified atom stereocenters. The van der Waals surface area contributed by atoms with E-state index in [0.717, 1.165) is 12.8 Å². The zero-order chi connectivity index (χ0) is 24.7. The number of nitrogens with zero attached hydrogens (tertiary/aromatic N) is 1. The van der Waals surface area contributed by atoms with E-state index in [-0.39, 0.29) is 18.5 Å². The number of carbonyl (C=O) groups excluding carboxylic acids is 2. The SMILES string of the molecule is CCCCCCCCCCCCCCCCCOC(=O)C(C(C)C)N(C)C(=O)OCCCCl. The minimum atomic E-state index is -0.634. The Morgan fingerprint density at radius 3 is 1.55 bits per heavy atom. The standard InChI is InChI=1S/C27H52ClNO4/c1-5-6-7-8-9-10-11-12-13-14-15-16-17-18-19-22-32-26(30)25(24(2)3)29(4)27(31)33-23-20-21-28/h24-25H,5-23H2,1-4H3. The van der Waals surface area contributed by atoms with Crippen molar-refractivity contribution in [2.45, 2.75) is 130 Å². The molecule has 0 heterocycles. The number of alkyl halides is 1. The zero-order valence-corrected chi connectivity index (χ0v) is 22.8. The highest BCUT2D eigenvalue weighted by Gasteiger charge is 2.32. The Morgan fingerprint density at radius 2 is 1.12 bits per heavy atom. The summed E-state index contributed by atoms with van der Waals surface area (Å²) in [6.45, 7) is 6.75. The summed E-state index contributed by atoms with van der Waals surface area (Å²) in [7, 11) is 1.59. The molecule has 0 fully saturated rings. The van der Waals surface area contributed by atoms with Crippen LogP contribution in [-0.4, -0.2) is 49.1 Å². The summed E-state index contributed by atoms with van der Waals surface area (Å²) < 4.78 is 10.6. The van der Waals surface area contributed by atoms with E-state index in [4.69, 9.17) is 21.1 Å². The van der Waals surface area contributed by atoms with Gasteiger partial charge in [-0.25, -0.2) is 9.59 Å². The fraction of sp³-hybridized carbons (Fsp3) is 0.926. The molecule has 6 heteroatoms. The van der Waals surface area contributed by atoms with Crippen molar-refractivity contribution in [1.29, 1.82) is 0 Å². The number of hydrogen-bond acceptors (Lipinski definition) is 4. The minimum Gasteiger partial charge on any atom is -0.464 e. The number of rotatable bonds is 22. The first-order valence-corrected chi connectivity index (χ1v) is 14.1. The molecule has 0 radical (unpaired) electrons. The molecule has 0 saturated carbocycles. The molecule has 0 aromatic carbocycles. The Kier molecular flexibility index (Phi) is 22.1. The molecule has 33 heavy (non-hydrogen) atoms. The summed E-state index contributed by atoms with van der Waals surface area (Å²) in [4.78, 5) is 26.0. The average Bonchev–Trinajstić information content (AvgIpc) is 2.78. The third-order valence-corrected chi connectivity index (χ3v) is 6.34. The van der Waals surface area contributed by atoms with Crippen molar-refractivity contribution in [3.63, 3.8) is 0 Å². The second-order valence-electron chi connectivity index (χ2n) is 9.57. The third kappa shape index (κ3) is 18.1. The van der Waals surface area contributed by atoms with E-state index in [1.54, 1.807) is 7.05 Å². The van der Waals surface area contributed by atoms with Crippen molar-refractivity contribution in [2.75, 3.05) is 26.1 Å². The van der Waals surface area contributed by atoms with Gasteiger partial charge in [0.2, 0.25) is 0 Å². The number of halogens is 1. The molecule has 0 bridgehead atoms. The Morgan fingerprint density at radius 1 is 0.697 bits per heavy atom. The van der Waals surface area contributed by atoms with Gasteiger partial charge in [-0.3, -0.25) is 4.90 Å². The molecule has 0 aromatic heterocycles. The van der Waals surface area contributed by atoms with Crippen molar-refractivity contribution < 1.29 is 19.1 Å². The molecule has 0 N–H and O–H groups in total. The van der Waals surface area contributed by atoms with Crippen molar-refractivity contribution in [1.82, 2.24) is 4.90 Å². The van der Waals surface area contributed by atoms with Gasteiger partial charge in [0.15, 0.2) is 0 Å². The lowest BCUT2D eigenvalue weighted by molar-refractivity contribution is -0.150. The summed E-state index contributed by atoms with van der Waals surface area (Å²) in [5.41, 5.74) is 0. The maximum absolute atomic E-state index is 12.5. The van der Waals surface area contributed by atoms with E-state index in [2.05, 4.69) is 6.92 Å². The van der Waals surface area contributed by atoms with Crippen LogP contribution in [0.3, 0.4) is 0 Å². The molecule has 5 nitrogen and oxygen atoms in total. The van der Waals surface area contributed by atoms with Gasteiger partial charge >= 0.3 is 12.1 Å². The average molecular weight is 490 g/mol. The van der Waals surface area contributed by atoms with Crippen LogP contribution in [0.4, 0.5) is 4.79 Å². The molecule has 1 amide bonds. The van der Waals surface area contributed by atoms with Gasteiger partial charge in [-0.05, 0) is 18.8 Å². The highest BCUT2D eigenvalue weighted by Crippen LogP contribution is 2.15. The van der Waals surface area contributed by atoms with Gasteiger partial charge in [0.25, 0.3) is 0 Å². The molecule has 0 saturated heterocycles. The fourth-order valence-corrected chi connectivity index (χ4v) is 4.15. The van der Waals surface area contributed by atoms with Gasteiger partial charge in [-0.2, -0.15) is 0 Å². The second-order valence-corrected chi connectivity index (χ2v) is 9.95. The predicted molar refractivity (Wildman–Crippen MR) is 139 cm³/mol. The molecule has 0 aliphatic carbocycles. The Hall–Kier alpha value is -0.970. The van der Waals surface area contributed by atoms with Crippen LogP contribution < -0.4 is 0 Å². The summed E-state index contributed by atoms with van der Waals surface area (Å²) in [5, 5.41) is 0. The normalized spacial score (nSPS) is 12.1. The number of amides is 1. The minimum absolute atomic E-state index is 0.0517. The third-order valence-electron chi connectivity index (χ3n) is 6.07. The molecular weight excluding hydrogens is 438 g/mol. The van der Waals surface area contributed by atoms with E-state index in [1.165, 1.54) is 88.4 Å². The predicted octanol–water partition coefficient (Wildman–Crippen LogP) is 8.12. The smallest absolute Gasteiger partial charge is 0.410 e. The van der Waals surface area contributed by atoms with Crippen molar-refractivity contribution in [3.05, 3.63) is 0 Å². The lowest BCUT2D eigenvalue weighted by atomic mass is 10.0. The van der Waals surface area contributed by atoms with Crippen LogP contribution in [0.15, 0.2) is 0 Å². The van der Waals surface area contributed by atoms with Gasteiger partial charge in [0, 0.05) is 12.9 Å². The topological polar surface area (TPSA) is 55.8 Å². The van der Waals surface area contributed by atoms with Crippen LogP contribution in [-0.2, 0) is 14.3 Å². The molecule has 196 valence electrons. The number of esters is 1. The highest BCUT2D eigenvalue weighted by molar-refractivity contribution is 6.17. The fourth-order valence-electron chi connectivity index (χ4n) is 4.04. The van der Waals surface area contributed by atoms with Crippen LogP contribution in [0, 0.1) is 5.92 Å². The quantitative estimate of drug-likeness (QED) is 0.0874. The number of carbonyl (C=O) groups is 2. The molecular formula is C27H52ClNO4. The molecule has 1 atom stereocenters. The van der Waals surface area contributed by atoms with Crippen LogP contribution in [0.2, 0.25) is 0 Å². The Balaban J connectivity index is 3.73. The Bertz CT molecular complexity index is 473. The first-order valence-electron chi connectivity index (χ1n) is 13.6. The summed E-state index contributed by atoms with van der Waals surface area (Å²) in [5.74, 6) is 0.0302. The maximum atomic E-state index is 12.5. The zero-order valence-electron chi connectivity index (χ0n) is 22.0. The van der Waals surface area contributed by atoms with Gasteiger partial charge in [0.05, 0.1) is 13.2 Å². The van der Waals surface area contributed by atoms with Crippen molar-refractivity contribution in [2.24, 2.45) is 5.92 Å². The van der Waals surface area contributed by atoms with Crippen LogP contribution in [0.25, 0.3) is 0 Å². The molecule has 0 aromatic rings. The largest absolute Gasteiger partial charge is 0.464 e. The van der Waals surface area contributed by atoms with E-state index in [0.29, 0.717) is 18.9 Å². The molecule has 0 aliphatic rings. The lowest BCUT2D eigenvalue weighted by Gasteiger charge is -2.28. The van der Waals surface area contributed by atoms with Crippen molar-refractivity contribution >= 4 is 23.7 Å². The van der Waals surface area contributed by atoms with E-state index < -0.39 is 12.1 Å². The first-order chi connectivity index (χ1) is 16.0. The monoisotopic (exact) mass is 489 g/mol. The highest BCUT2D eigenvalue weighted by atomic mass is 35.5. The lowest BCUT2D eigenvalue weighted by Crippen LogP contribution is -2.47. The number of hydrogen-bond donors (Lipinski definition) is 0.